The van der Waals surface area contributed by atoms with E-state index in [2.05, 4.69) is 26.0 Å². The minimum absolute atomic E-state index is 0.187. The van der Waals surface area contributed by atoms with Gasteiger partial charge < -0.3 is 9.51 Å². The Morgan fingerprint density at radius 3 is 2.81 bits per heavy atom. The van der Waals surface area contributed by atoms with Crippen molar-refractivity contribution in [2.45, 2.75) is 45.4 Å². The van der Waals surface area contributed by atoms with Crippen molar-refractivity contribution in [1.29, 1.82) is 0 Å². The van der Waals surface area contributed by atoms with Crippen molar-refractivity contribution in [1.82, 2.24) is 26.0 Å². The molecule has 2 aromatic heterocycles. The van der Waals surface area contributed by atoms with E-state index < -0.39 is 0 Å². The van der Waals surface area contributed by atoms with Crippen molar-refractivity contribution < 1.29 is 14.1 Å². The lowest BCUT2D eigenvalue weighted by Crippen LogP contribution is -2.42. The predicted octanol–water partition coefficient (Wildman–Crippen LogP) is 2.22. The molecule has 0 aliphatic carbocycles. The summed E-state index contributed by atoms with van der Waals surface area (Å²) in [7, 11) is 0. The molecule has 0 unspecified atom stereocenters. The number of hydrogen-bond donors (Lipinski definition) is 3. The van der Waals surface area contributed by atoms with Crippen LogP contribution in [0.15, 0.2) is 35.0 Å². The Labute approximate surface area is 156 Å². The summed E-state index contributed by atoms with van der Waals surface area (Å²) in [5.41, 5.74) is 6.76. The molecule has 0 saturated heterocycles. The summed E-state index contributed by atoms with van der Waals surface area (Å²) in [6.07, 6.45) is 5.10. The van der Waals surface area contributed by atoms with E-state index in [-0.39, 0.29) is 24.7 Å². The number of rotatable bonds is 8. The highest BCUT2D eigenvalue weighted by atomic mass is 16.5. The maximum atomic E-state index is 12.0. The Morgan fingerprint density at radius 2 is 1.96 bits per heavy atom. The second kappa shape index (κ2) is 8.98. The van der Waals surface area contributed by atoms with E-state index in [0.29, 0.717) is 24.6 Å². The summed E-state index contributed by atoms with van der Waals surface area (Å²) in [6.45, 7) is 2.05. The summed E-state index contributed by atoms with van der Waals surface area (Å²) in [4.78, 5) is 31.3. The predicted molar refractivity (Wildman–Crippen MR) is 99.5 cm³/mol. The minimum atomic E-state index is -0.269. The maximum absolute atomic E-state index is 12.0. The van der Waals surface area contributed by atoms with Crippen LogP contribution in [0.5, 0.6) is 0 Å². The number of hydrogen-bond acceptors (Lipinski definition) is 5. The first kappa shape index (κ1) is 18.6. The van der Waals surface area contributed by atoms with Crippen molar-refractivity contribution in [3.8, 4) is 0 Å². The lowest BCUT2D eigenvalue weighted by Gasteiger charge is -2.06. The molecule has 0 radical (unpaired) electrons. The van der Waals surface area contributed by atoms with E-state index in [1.165, 1.54) is 0 Å². The molecule has 0 fully saturated rings. The Kier molecular flexibility index (Phi) is 6.19. The highest BCUT2D eigenvalue weighted by Crippen LogP contribution is 2.17. The fourth-order valence-electron chi connectivity index (χ4n) is 2.81. The van der Waals surface area contributed by atoms with Gasteiger partial charge in [0, 0.05) is 36.4 Å². The van der Waals surface area contributed by atoms with E-state index in [1.807, 2.05) is 37.4 Å². The van der Waals surface area contributed by atoms with Gasteiger partial charge in [0.1, 0.15) is 0 Å². The first-order chi connectivity index (χ1) is 13.2. The third-order valence-electron chi connectivity index (χ3n) is 4.15. The molecular weight excluding hydrogens is 346 g/mol. The van der Waals surface area contributed by atoms with Gasteiger partial charge in [-0.2, -0.15) is 4.98 Å². The van der Waals surface area contributed by atoms with Gasteiger partial charge in [0.15, 0.2) is 5.82 Å². The van der Waals surface area contributed by atoms with Gasteiger partial charge >= 0.3 is 0 Å². The minimum Gasteiger partial charge on any atom is -0.361 e. The molecule has 0 saturated carbocycles. The number of aromatic amines is 1. The number of aryl methyl sites for hydroxylation is 2. The van der Waals surface area contributed by atoms with Crippen molar-refractivity contribution in [2.24, 2.45) is 0 Å². The SMILES string of the molecule is CCCc1noc(CCCC(=O)NNC(=O)Cc2c[nH]c3ccccc23)n1. The van der Waals surface area contributed by atoms with Crippen LogP contribution in [0.2, 0.25) is 0 Å². The Balaban J connectivity index is 1.37. The average Bonchev–Trinajstić information content (AvgIpc) is 3.28. The zero-order valence-electron chi connectivity index (χ0n) is 15.2. The van der Waals surface area contributed by atoms with Crippen LogP contribution in [0.4, 0.5) is 0 Å². The van der Waals surface area contributed by atoms with Gasteiger partial charge in [-0.05, 0) is 24.5 Å². The molecule has 8 nitrogen and oxygen atoms in total. The monoisotopic (exact) mass is 369 g/mol. The number of amides is 2. The lowest BCUT2D eigenvalue weighted by molar-refractivity contribution is -0.128. The first-order valence-corrected chi connectivity index (χ1v) is 9.10. The number of aromatic nitrogens is 3. The number of fused-ring (bicyclic) bond motifs is 1. The summed E-state index contributed by atoms with van der Waals surface area (Å²) in [5, 5.41) is 4.87. The van der Waals surface area contributed by atoms with Gasteiger partial charge in [0.2, 0.25) is 17.7 Å². The Morgan fingerprint density at radius 1 is 1.15 bits per heavy atom. The van der Waals surface area contributed by atoms with Crippen LogP contribution < -0.4 is 10.9 Å². The van der Waals surface area contributed by atoms with Gasteiger partial charge in [-0.25, -0.2) is 0 Å². The zero-order chi connectivity index (χ0) is 19.1. The zero-order valence-corrected chi connectivity index (χ0v) is 15.2. The number of benzene rings is 1. The lowest BCUT2D eigenvalue weighted by atomic mass is 10.1. The van der Waals surface area contributed by atoms with E-state index in [9.17, 15) is 9.59 Å². The van der Waals surface area contributed by atoms with E-state index in [0.717, 1.165) is 29.3 Å². The molecule has 3 rings (SSSR count). The number of hydrazine groups is 1. The van der Waals surface area contributed by atoms with Gasteiger partial charge in [-0.3, -0.25) is 20.4 Å². The largest absolute Gasteiger partial charge is 0.361 e. The topological polar surface area (TPSA) is 113 Å². The normalized spacial score (nSPS) is 10.9. The van der Waals surface area contributed by atoms with Crippen LogP contribution in [0.25, 0.3) is 10.9 Å². The number of carbonyl (C=O) groups is 2. The molecular formula is C19H23N5O3. The van der Waals surface area contributed by atoms with E-state index >= 15 is 0 Å². The molecule has 0 bridgehead atoms. The van der Waals surface area contributed by atoms with Crippen molar-refractivity contribution in [3.05, 3.63) is 47.7 Å². The third-order valence-corrected chi connectivity index (χ3v) is 4.15. The molecule has 0 aliphatic heterocycles. The first-order valence-electron chi connectivity index (χ1n) is 9.10. The highest BCUT2D eigenvalue weighted by Gasteiger charge is 2.10. The quantitative estimate of drug-likeness (QED) is 0.527. The number of H-pyrrole nitrogens is 1. The fourth-order valence-corrected chi connectivity index (χ4v) is 2.81. The molecule has 3 aromatic rings. The van der Waals surface area contributed by atoms with Gasteiger partial charge in [-0.1, -0.05) is 30.3 Å². The molecule has 142 valence electrons. The van der Waals surface area contributed by atoms with Crippen LogP contribution in [0.3, 0.4) is 0 Å². The molecule has 0 spiro atoms. The van der Waals surface area contributed by atoms with Crippen LogP contribution in [0, 0.1) is 0 Å². The highest BCUT2D eigenvalue weighted by molar-refractivity contribution is 5.89. The van der Waals surface area contributed by atoms with Gasteiger partial charge in [0.25, 0.3) is 0 Å². The van der Waals surface area contributed by atoms with Gasteiger partial charge in [-0.15, -0.1) is 0 Å². The van der Waals surface area contributed by atoms with Crippen LogP contribution >= 0.6 is 0 Å². The van der Waals surface area contributed by atoms with Crippen molar-refractivity contribution >= 4 is 22.7 Å². The Hall–Kier alpha value is -3.16. The van der Waals surface area contributed by atoms with Crippen molar-refractivity contribution in [3.63, 3.8) is 0 Å². The molecule has 2 heterocycles. The van der Waals surface area contributed by atoms with Crippen molar-refractivity contribution in [2.75, 3.05) is 0 Å². The number of carbonyl (C=O) groups excluding carboxylic acids is 2. The van der Waals surface area contributed by atoms with Crippen LogP contribution in [-0.2, 0) is 28.9 Å². The molecule has 0 aliphatic rings. The second-order valence-electron chi connectivity index (χ2n) is 6.34. The molecule has 3 N–H and O–H groups in total. The summed E-state index contributed by atoms with van der Waals surface area (Å²) in [5.74, 6) is 0.709. The van der Waals surface area contributed by atoms with E-state index in [4.69, 9.17) is 4.52 Å². The summed E-state index contributed by atoms with van der Waals surface area (Å²) in [6, 6.07) is 7.76. The molecule has 1 aromatic carbocycles. The summed E-state index contributed by atoms with van der Waals surface area (Å²) < 4.78 is 5.13. The Bertz CT molecular complexity index is 915. The maximum Gasteiger partial charge on any atom is 0.242 e. The number of para-hydroxylation sites is 1. The van der Waals surface area contributed by atoms with E-state index in [1.54, 1.807) is 0 Å². The molecule has 0 atom stereocenters. The molecule has 27 heavy (non-hydrogen) atoms. The van der Waals surface area contributed by atoms with Crippen LogP contribution in [0.1, 0.15) is 43.5 Å². The van der Waals surface area contributed by atoms with Crippen LogP contribution in [-0.4, -0.2) is 26.9 Å². The number of nitrogens with one attached hydrogen (secondary N) is 3. The molecule has 2 amide bonds. The number of nitrogens with zero attached hydrogens (tertiary/aromatic N) is 2. The second-order valence-corrected chi connectivity index (χ2v) is 6.34. The third kappa shape index (κ3) is 5.16. The fraction of sp³-hybridized carbons (Fsp3) is 0.368. The standard InChI is InChI=1S/C19H23N5O3/c1-2-6-16-21-19(27-24-16)10-5-9-17(25)22-23-18(26)11-13-12-20-15-8-4-3-7-14(13)15/h3-4,7-8,12,20H,2,5-6,9-11H2,1H3,(H,22,25)(H,23,26). The summed E-state index contributed by atoms with van der Waals surface area (Å²) >= 11 is 0. The average molecular weight is 369 g/mol. The smallest absolute Gasteiger partial charge is 0.242 e. The molecule has 8 heteroatoms. The van der Waals surface area contributed by atoms with Gasteiger partial charge in [0.05, 0.1) is 6.42 Å².